The van der Waals surface area contributed by atoms with Gasteiger partial charge < -0.3 is 10.2 Å². The first-order valence-corrected chi connectivity index (χ1v) is 8.90. The smallest absolute Gasteiger partial charge is 0.222 e. The Balaban J connectivity index is 1.76. The van der Waals surface area contributed by atoms with Crippen LogP contribution in [0.25, 0.3) is 0 Å². The number of nitrogens with one attached hydrogen (secondary N) is 1. The van der Waals surface area contributed by atoms with Gasteiger partial charge in [-0.05, 0) is 30.9 Å². The van der Waals surface area contributed by atoms with Gasteiger partial charge in [-0.1, -0.05) is 19.9 Å². The van der Waals surface area contributed by atoms with Gasteiger partial charge in [-0.25, -0.2) is 9.97 Å². The number of likely N-dealkylation sites (tertiary alicyclic amines) is 1. The molecular formula is C19H25N5O. The van der Waals surface area contributed by atoms with Crippen molar-refractivity contribution < 1.29 is 4.79 Å². The summed E-state index contributed by atoms with van der Waals surface area (Å²) in [6, 6.07) is 5.71. The second-order valence-corrected chi connectivity index (χ2v) is 6.91. The van der Waals surface area contributed by atoms with Crippen LogP contribution >= 0.6 is 0 Å². The number of aromatic nitrogens is 3. The van der Waals surface area contributed by atoms with E-state index >= 15 is 0 Å². The third-order valence-corrected chi connectivity index (χ3v) is 4.38. The Kier molecular flexibility index (Phi) is 5.58. The van der Waals surface area contributed by atoms with E-state index in [4.69, 9.17) is 0 Å². The highest BCUT2D eigenvalue weighted by atomic mass is 16.2. The van der Waals surface area contributed by atoms with Crippen molar-refractivity contribution in [3.05, 3.63) is 42.5 Å². The van der Waals surface area contributed by atoms with Crippen molar-refractivity contribution in [2.24, 2.45) is 5.92 Å². The maximum Gasteiger partial charge on any atom is 0.222 e. The van der Waals surface area contributed by atoms with Crippen molar-refractivity contribution in [2.45, 2.75) is 39.0 Å². The standard InChI is InChI=1S/C19H25N5O/c1-14(2)12-17(25)24-11-5-6-15(13-24)18-19(22-10-9-21-18)23-16-7-3-4-8-20-16/h3-4,7-10,14-15H,5-6,11-13H2,1-2H3,(H,20,22,23). The maximum atomic E-state index is 12.4. The Morgan fingerprint density at radius 2 is 2.08 bits per heavy atom. The van der Waals surface area contributed by atoms with Crippen LogP contribution in [0.15, 0.2) is 36.8 Å². The first kappa shape index (κ1) is 17.3. The molecule has 6 nitrogen and oxygen atoms in total. The fourth-order valence-electron chi connectivity index (χ4n) is 3.21. The van der Waals surface area contributed by atoms with Gasteiger partial charge in [0.25, 0.3) is 0 Å². The van der Waals surface area contributed by atoms with Gasteiger partial charge in [-0.15, -0.1) is 0 Å². The normalized spacial score (nSPS) is 17.6. The lowest BCUT2D eigenvalue weighted by Crippen LogP contribution is -2.39. The van der Waals surface area contributed by atoms with Gasteiger partial charge in [0.15, 0.2) is 5.82 Å². The van der Waals surface area contributed by atoms with Crippen LogP contribution in [0.3, 0.4) is 0 Å². The van der Waals surface area contributed by atoms with Gasteiger partial charge in [0.05, 0.1) is 5.69 Å². The third-order valence-electron chi connectivity index (χ3n) is 4.38. The molecule has 0 spiro atoms. The number of pyridine rings is 1. The molecule has 0 aromatic carbocycles. The molecule has 1 unspecified atom stereocenters. The molecule has 1 saturated heterocycles. The fraction of sp³-hybridized carbons (Fsp3) is 0.474. The highest BCUT2D eigenvalue weighted by molar-refractivity contribution is 5.76. The van der Waals surface area contributed by atoms with Crippen molar-refractivity contribution in [3.63, 3.8) is 0 Å². The van der Waals surface area contributed by atoms with E-state index in [1.165, 1.54) is 0 Å². The predicted molar refractivity (Wildman–Crippen MR) is 97.6 cm³/mol. The van der Waals surface area contributed by atoms with Crippen LogP contribution in [0.1, 0.15) is 44.7 Å². The molecule has 3 rings (SSSR count). The number of nitrogens with zero attached hydrogens (tertiary/aromatic N) is 4. The third kappa shape index (κ3) is 4.53. The summed E-state index contributed by atoms with van der Waals surface area (Å²) in [6.07, 6.45) is 7.75. The average molecular weight is 339 g/mol. The Labute approximate surface area is 148 Å². The molecule has 1 aliphatic heterocycles. The summed E-state index contributed by atoms with van der Waals surface area (Å²) in [5.74, 6) is 2.29. The second kappa shape index (κ2) is 8.05. The topological polar surface area (TPSA) is 71.0 Å². The number of piperidine rings is 1. The van der Waals surface area contributed by atoms with E-state index in [0.29, 0.717) is 18.9 Å². The summed E-state index contributed by atoms with van der Waals surface area (Å²) in [4.78, 5) is 27.7. The van der Waals surface area contributed by atoms with Crippen molar-refractivity contribution in [2.75, 3.05) is 18.4 Å². The first-order chi connectivity index (χ1) is 12.1. The van der Waals surface area contributed by atoms with Crippen LogP contribution in [0, 0.1) is 5.92 Å². The highest BCUT2D eigenvalue weighted by Crippen LogP contribution is 2.30. The van der Waals surface area contributed by atoms with E-state index in [-0.39, 0.29) is 11.8 Å². The summed E-state index contributed by atoms with van der Waals surface area (Å²) in [5, 5.41) is 3.26. The van der Waals surface area contributed by atoms with Crippen molar-refractivity contribution in [1.82, 2.24) is 19.9 Å². The number of rotatable bonds is 5. The van der Waals surface area contributed by atoms with Gasteiger partial charge in [-0.3, -0.25) is 9.78 Å². The molecule has 1 fully saturated rings. The maximum absolute atomic E-state index is 12.4. The van der Waals surface area contributed by atoms with Gasteiger partial charge in [0, 0.05) is 44.0 Å². The summed E-state index contributed by atoms with van der Waals surface area (Å²) in [5.41, 5.74) is 0.912. The van der Waals surface area contributed by atoms with E-state index in [9.17, 15) is 4.79 Å². The van der Waals surface area contributed by atoms with Gasteiger partial charge >= 0.3 is 0 Å². The van der Waals surface area contributed by atoms with Crippen LogP contribution in [0.2, 0.25) is 0 Å². The van der Waals surface area contributed by atoms with Crippen LogP contribution in [0.5, 0.6) is 0 Å². The molecule has 25 heavy (non-hydrogen) atoms. The van der Waals surface area contributed by atoms with E-state index in [0.717, 1.165) is 36.7 Å². The molecule has 2 aromatic heterocycles. The summed E-state index contributed by atoms with van der Waals surface area (Å²) < 4.78 is 0. The van der Waals surface area contributed by atoms with E-state index < -0.39 is 0 Å². The monoisotopic (exact) mass is 339 g/mol. The Bertz CT molecular complexity index is 704. The Morgan fingerprint density at radius 1 is 1.24 bits per heavy atom. The van der Waals surface area contributed by atoms with E-state index in [1.807, 2.05) is 23.1 Å². The van der Waals surface area contributed by atoms with E-state index in [2.05, 4.69) is 34.1 Å². The average Bonchev–Trinajstić information content (AvgIpc) is 2.63. The molecule has 0 bridgehead atoms. The highest BCUT2D eigenvalue weighted by Gasteiger charge is 2.27. The Hall–Kier alpha value is -2.50. The molecule has 6 heteroatoms. The number of hydrogen-bond acceptors (Lipinski definition) is 5. The van der Waals surface area contributed by atoms with Gasteiger partial charge in [-0.2, -0.15) is 0 Å². The van der Waals surface area contributed by atoms with Crippen LogP contribution in [-0.4, -0.2) is 38.8 Å². The van der Waals surface area contributed by atoms with E-state index in [1.54, 1.807) is 18.6 Å². The molecule has 1 aliphatic rings. The molecule has 132 valence electrons. The van der Waals surface area contributed by atoms with Gasteiger partial charge in [0.1, 0.15) is 5.82 Å². The zero-order chi connectivity index (χ0) is 17.6. The molecule has 2 aromatic rings. The quantitative estimate of drug-likeness (QED) is 0.904. The molecule has 1 amide bonds. The largest absolute Gasteiger partial charge is 0.342 e. The molecule has 1 N–H and O–H groups in total. The van der Waals surface area contributed by atoms with Crippen molar-refractivity contribution in [1.29, 1.82) is 0 Å². The Morgan fingerprint density at radius 3 is 2.84 bits per heavy atom. The number of amides is 1. The van der Waals surface area contributed by atoms with Gasteiger partial charge in [0.2, 0.25) is 5.91 Å². The number of carbonyl (C=O) groups excluding carboxylic acids is 1. The first-order valence-electron chi connectivity index (χ1n) is 8.90. The minimum Gasteiger partial charge on any atom is -0.342 e. The molecule has 0 aliphatic carbocycles. The number of anilines is 2. The fourth-order valence-corrected chi connectivity index (χ4v) is 3.21. The van der Waals surface area contributed by atoms with Crippen LogP contribution in [-0.2, 0) is 4.79 Å². The second-order valence-electron chi connectivity index (χ2n) is 6.91. The molecule has 0 saturated carbocycles. The lowest BCUT2D eigenvalue weighted by atomic mass is 9.93. The minimum absolute atomic E-state index is 0.199. The lowest BCUT2D eigenvalue weighted by Gasteiger charge is -2.33. The lowest BCUT2D eigenvalue weighted by molar-refractivity contribution is -0.133. The zero-order valence-corrected chi connectivity index (χ0v) is 14.9. The number of hydrogen-bond donors (Lipinski definition) is 1. The zero-order valence-electron chi connectivity index (χ0n) is 14.9. The van der Waals surface area contributed by atoms with Crippen molar-refractivity contribution in [3.8, 4) is 0 Å². The summed E-state index contributed by atoms with van der Waals surface area (Å²) in [6.45, 7) is 5.71. The molecule has 0 radical (unpaired) electrons. The molecule has 3 heterocycles. The summed E-state index contributed by atoms with van der Waals surface area (Å²) >= 11 is 0. The molecule has 1 atom stereocenters. The van der Waals surface area contributed by atoms with Crippen LogP contribution < -0.4 is 5.32 Å². The molecular weight excluding hydrogens is 314 g/mol. The SMILES string of the molecule is CC(C)CC(=O)N1CCCC(c2nccnc2Nc2ccccn2)C1. The summed E-state index contributed by atoms with van der Waals surface area (Å²) in [7, 11) is 0. The minimum atomic E-state index is 0.199. The van der Waals surface area contributed by atoms with Crippen LogP contribution in [0.4, 0.5) is 11.6 Å². The predicted octanol–water partition coefficient (Wildman–Crippen LogP) is 3.37. The van der Waals surface area contributed by atoms with Crippen molar-refractivity contribution >= 4 is 17.5 Å². The number of carbonyl (C=O) groups is 1.